The van der Waals surface area contributed by atoms with Gasteiger partial charge in [0.1, 0.15) is 0 Å². The van der Waals surface area contributed by atoms with Gasteiger partial charge in [0.25, 0.3) is 5.69 Å². The van der Waals surface area contributed by atoms with E-state index >= 15 is 0 Å². The summed E-state index contributed by atoms with van der Waals surface area (Å²) in [5.41, 5.74) is 0.895. The zero-order valence-electron chi connectivity index (χ0n) is 9.70. The minimum Gasteiger partial charge on any atom is -0.395 e. The minimum atomic E-state index is -0.435. The van der Waals surface area contributed by atoms with E-state index in [4.69, 9.17) is 9.84 Å². The maximum absolute atomic E-state index is 10.5. The number of hydrogen-bond acceptors (Lipinski definition) is 5. The highest BCUT2D eigenvalue weighted by Crippen LogP contribution is 2.18. The Kier molecular flexibility index (Phi) is 5.38. The lowest BCUT2D eigenvalue weighted by Crippen LogP contribution is -2.30. The number of nitro benzene ring substituents is 1. The normalized spacial score (nSPS) is 10.2. The third-order valence-corrected chi connectivity index (χ3v) is 2.36. The SMILES string of the molecule is COCCN(CCO)c1ccc([N+](=O)[O-])cc1. The fourth-order valence-corrected chi connectivity index (χ4v) is 1.48. The van der Waals surface area contributed by atoms with Gasteiger partial charge in [0, 0.05) is 38.0 Å². The van der Waals surface area contributed by atoms with Crippen molar-refractivity contribution in [2.75, 3.05) is 38.3 Å². The second kappa shape index (κ2) is 6.82. The topological polar surface area (TPSA) is 75.8 Å². The Labute approximate surface area is 99.6 Å². The number of nitro groups is 1. The summed E-state index contributed by atoms with van der Waals surface area (Å²) >= 11 is 0. The molecule has 1 aromatic rings. The molecule has 0 saturated heterocycles. The summed E-state index contributed by atoms with van der Waals surface area (Å²) < 4.78 is 4.97. The van der Waals surface area contributed by atoms with Gasteiger partial charge in [0.2, 0.25) is 0 Å². The lowest BCUT2D eigenvalue weighted by Gasteiger charge is -2.23. The van der Waals surface area contributed by atoms with Crippen molar-refractivity contribution in [2.24, 2.45) is 0 Å². The number of anilines is 1. The molecule has 0 spiro atoms. The average molecular weight is 240 g/mol. The fourth-order valence-electron chi connectivity index (χ4n) is 1.48. The van der Waals surface area contributed by atoms with Gasteiger partial charge in [0.15, 0.2) is 0 Å². The Bertz CT molecular complexity index is 353. The first kappa shape index (κ1) is 13.4. The number of ether oxygens (including phenoxy) is 1. The lowest BCUT2D eigenvalue weighted by atomic mass is 10.2. The van der Waals surface area contributed by atoms with Crippen LogP contribution in [-0.2, 0) is 4.74 Å². The summed E-state index contributed by atoms with van der Waals surface area (Å²) in [4.78, 5) is 12.0. The highest BCUT2D eigenvalue weighted by Gasteiger charge is 2.08. The van der Waals surface area contributed by atoms with E-state index in [1.54, 1.807) is 19.2 Å². The molecule has 1 aromatic carbocycles. The molecular formula is C11H16N2O4. The van der Waals surface area contributed by atoms with Crippen LogP contribution in [0.3, 0.4) is 0 Å². The molecule has 0 aliphatic heterocycles. The van der Waals surface area contributed by atoms with E-state index in [1.807, 2.05) is 4.90 Å². The molecule has 0 atom stereocenters. The van der Waals surface area contributed by atoms with Crippen molar-refractivity contribution in [1.82, 2.24) is 0 Å². The van der Waals surface area contributed by atoms with Crippen LogP contribution in [0.2, 0.25) is 0 Å². The van der Waals surface area contributed by atoms with Crippen molar-refractivity contribution in [2.45, 2.75) is 0 Å². The molecule has 0 saturated carbocycles. The smallest absolute Gasteiger partial charge is 0.269 e. The maximum Gasteiger partial charge on any atom is 0.269 e. The molecule has 0 heterocycles. The first-order valence-corrected chi connectivity index (χ1v) is 5.28. The van der Waals surface area contributed by atoms with Crippen LogP contribution >= 0.6 is 0 Å². The number of aliphatic hydroxyl groups excluding tert-OH is 1. The highest BCUT2D eigenvalue weighted by molar-refractivity contribution is 5.50. The zero-order valence-corrected chi connectivity index (χ0v) is 9.70. The van der Waals surface area contributed by atoms with Crippen LogP contribution in [0.1, 0.15) is 0 Å². The molecule has 0 fully saturated rings. The number of nitrogens with zero attached hydrogens (tertiary/aromatic N) is 2. The van der Waals surface area contributed by atoms with Crippen molar-refractivity contribution in [3.63, 3.8) is 0 Å². The molecule has 0 aromatic heterocycles. The molecule has 0 radical (unpaired) electrons. The van der Waals surface area contributed by atoms with Crippen LogP contribution in [0.5, 0.6) is 0 Å². The molecule has 6 nitrogen and oxygen atoms in total. The van der Waals surface area contributed by atoms with Crippen molar-refractivity contribution < 1.29 is 14.8 Å². The van der Waals surface area contributed by atoms with Crippen LogP contribution in [0.25, 0.3) is 0 Å². The number of aliphatic hydroxyl groups is 1. The van der Waals surface area contributed by atoms with Crippen molar-refractivity contribution >= 4 is 11.4 Å². The number of benzene rings is 1. The molecular weight excluding hydrogens is 224 g/mol. The molecule has 17 heavy (non-hydrogen) atoms. The summed E-state index contributed by atoms with van der Waals surface area (Å²) in [7, 11) is 1.60. The van der Waals surface area contributed by atoms with Gasteiger partial charge < -0.3 is 14.7 Å². The van der Waals surface area contributed by atoms with Gasteiger partial charge in [0.05, 0.1) is 18.1 Å². The van der Waals surface area contributed by atoms with E-state index in [-0.39, 0.29) is 12.3 Å². The molecule has 0 aliphatic carbocycles. The Morgan fingerprint density at radius 3 is 2.47 bits per heavy atom. The van der Waals surface area contributed by atoms with E-state index in [0.29, 0.717) is 19.7 Å². The van der Waals surface area contributed by atoms with Crippen molar-refractivity contribution in [1.29, 1.82) is 0 Å². The van der Waals surface area contributed by atoms with Crippen LogP contribution in [0, 0.1) is 10.1 Å². The quantitative estimate of drug-likeness (QED) is 0.569. The summed E-state index contributed by atoms with van der Waals surface area (Å²) in [5, 5.41) is 19.5. The Morgan fingerprint density at radius 1 is 1.35 bits per heavy atom. The predicted molar refractivity (Wildman–Crippen MR) is 64.3 cm³/mol. The largest absolute Gasteiger partial charge is 0.395 e. The van der Waals surface area contributed by atoms with Gasteiger partial charge in [-0.15, -0.1) is 0 Å². The first-order valence-electron chi connectivity index (χ1n) is 5.28. The Balaban J connectivity index is 2.75. The van der Waals surface area contributed by atoms with Gasteiger partial charge >= 0.3 is 0 Å². The first-order chi connectivity index (χ1) is 8.19. The van der Waals surface area contributed by atoms with Crippen molar-refractivity contribution in [3.8, 4) is 0 Å². The molecule has 94 valence electrons. The second-order valence-corrected chi connectivity index (χ2v) is 3.48. The number of non-ortho nitro benzene ring substituents is 1. The third-order valence-electron chi connectivity index (χ3n) is 2.36. The maximum atomic E-state index is 10.5. The Morgan fingerprint density at radius 2 is 2.00 bits per heavy atom. The Hall–Kier alpha value is -1.66. The zero-order chi connectivity index (χ0) is 12.7. The van der Waals surface area contributed by atoms with Crippen molar-refractivity contribution in [3.05, 3.63) is 34.4 Å². The third kappa shape index (κ3) is 4.01. The van der Waals surface area contributed by atoms with E-state index in [2.05, 4.69) is 0 Å². The summed E-state index contributed by atoms with van der Waals surface area (Å²) in [6, 6.07) is 6.24. The summed E-state index contributed by atoms with van der Waals surface area (Å²) in [5.74, 6) is 0. The molecule has 1 N–H and O–H groups in total. The average Bonchev–Trinajstić information content (AvgIpc) is 2.34. The summed E-state index contributed by atoms with van der Waals surface area (Å²) in [6.45, 7) is 1.67. The van der Waals surface area contributed by atoms with Gasteiger partial charge in [-0.3, -0.25) is 10.1 Å². The number of methoxy groups -OCH3 is 1. The molecule has 0 unspecified atom stereocenters. The van der Waals surface area contributed by atoms with Gasteiger partial charge in [-0.2, -0.15) is 0 Å². The molecule has 0 aliphatic rings. The number of hydrogen-bond donors (Lipinski definition) is 1. The van der Waals surface area contributed by atoms with Gasteiger partial charge in [-0.05, 0) is 12.1 Å². The fraction of sp³-hybridized carbons (Fsp3) is 0.455. The monoisotopic (exact) mass is 240 g/mol. The van der Waals surface area contributed by atoms with Gasteiger partial charge in [-0.25, -0.2) is 0 Å². The number of rotatable bonds is 7. The minimum absolute atomic E-state index is 0.0285. The highest BCUT2D eigenvalue weighted by atomic mass is 16.6. The van der Waals surface area contributed by atoms with E-state index < -0.39 is 4.92 Å². The lowest BCUT2D eigenvalue weighted by molar-refractivity contribution is -0.384. The van der Waals surface area contributed by atoms with E-state index in [1.165, 1.54) is 12.1 Å². The van der Waals surface area contributed by atoms with Crippen LogP contribution in [0.15, 0.2) is 24.3 Å². The van der Waals surface area contributed by atoms with Crippen LogP contribution < -0.4 is 4.90 Å². The molecule has 1 rings (SSSR count). The molecule has 6 heteroatoms. The molecule has 0 amide bonds. The van der Waals surface area contributed by atoms with E-state index in [9.17, 15) is 10.1 Å². The van der Waals surface area contributed by atoms with Crippen LogP contribution in [0.4, 0.5) is 11.4 Å². The van der Waals surface area contributed by atoms with Gasteiger partial charge in [-0.1, -0.05) is 0 Å². The summed E-state index contributed by atoms with van der Waals surface area (Å²) in [6.07, 6.45) is 0. The predicted octanol–water partition coefficient (Wildman–Crippen LogP) is 1.04. The van der Waals surface area contributed by atoms with E-state index in [0.717, 1.165) is 5.69 Å². The molecule has 0 bridgehead atoms. The second-order valence-electron chi connectivity index (χ2n) is 3.48. The standard InChI is InChI=1S/C11H16N2O4/c1-17-9-7-12(6-8-14)10-2-4-11(5-3-10)13(15)16/h2-5,14H,6-9H2,1H3. The van der Waals surface area contributed by atoms with Crippen LogP contribution in [-0.4, -0.2) is 43.4 Å².